The highest BCUT2D eigenvalue weighted by molar-refractivity contribution is 8.13. The maximum atomic E-state index is 12.8. The van der Waals surface area contributed by atoms with Crippen molar-refractivity contribution in [2.45, 2.75) is 245 Å². The second-order valence-electron chi connectivity index (χ2n) is 18.5. The summed E-state index contributed by atoms with van der Waals surface area (Å²) in [6.07, 6.45) is 30.4. The van der Waals surface area contributed by atoms with Crippen molar-refractivity contribution in [2.24, 2.45) is 0 Å². The minimum Gasteiger partial charge on any atom is -0.392 e. The molecule has 0 aromatic rings. The van der Waals surface area contributed by atoms with Gasteiger partial charge in [0.1, 0.15) is 0 Å². The Hall–Kier alpha value is -0.280. The van der Waals surface area contributed by atoms with E-state index in [0.29, 0.717) is 90.0 Å². The van der Waals surface area contributed by atoms with Crippen molar-refractivity contribution < 1.29 is 39.5 Å². The van der Waals surface area contributed by atoms with Gasteiger partial charge in [-0.15, -0.1) is 0 Å². The summed E-state index contributed by atoms with van der Waals surface area (Å²) in [6.45, 7) is 13.6. The molecular weight excluding hydrogens is 845 g/mol. The molecule has 0 radical (unpaired) electrons. The van der Waals surface area contributed by atoms with Crippen molar-refractivity contribution in [3.8, 4) is 0 Å². The number of aliphatic hydroxyl groups is 4. The van der Waals surface area contributed by atoms with Crippen LogP contribution in [0.25, 0.3) is 0 Å². The SMILES string of the molecule is CCCCCCCCC(O)CN(CCC(=O)SCCOCCOCCSC(=O)CCN(CC(O)CCCCCCCC)CC(O)CCCCCCCC)CC(O)CCCCCCCC. The number of rotatable bonds is 51. The fraction of sp³-hybridized carbons (Fsp3) is 0.962. The van der Waals surface area contributed by atoms with Crippen LogP contribution in [0.1, 0.15) is 220 Å². The van der Waals surface area contributed by atoms with Gasteiger partial charge < -0.3 is 29.9 Å². The van der Waals surface area contributed by atoms with E-state index in [-0.39, 0.29) is 10.2 Å². The minimum atomic E-state index is -0.448. The van der Waals surface area contributed by atoms with Gasteiger partial charge >= 0.3 is 0 Å². The lowest BCUT2D eigenvalue weighted by atomic mass is 10.1. The second-order valence-corrected chi connectivity index (χ2v) is 20.8. The summed E-state index contributed by atoms with van der Waals surface area (Å²) >= 11 is 2.55. The first-order valence-corrected chi connectivity index (χ1v) is 28.8. The maximum absolute atomic E-state index is 12.8. The Kier molecular flexibility index (Phi) is 48.9. The molecule has 4 unspecified atom stereocenters. The third-order valence-corrected chi connectivity index (χ3v) is 13.9. The zero-order valence-corrected chi connectivity index (χ0v) is 43.8. The summed E-state index contributed by atoms with van der Waals surface area (Å²) in [5.74, 6) is 1.13. The van der Waals surface area contributed by atoms with E-state index in [0.717, 1.165) is 77.0 Å². The number of hydrogen-bond acceptors (Lipinski definition) is 12. The molecule has 0 amide bonds. The molecule has 10 nitrogen and oxygen atoms in total. The zero-order valence-electron chi connectivity index (χ0n) is 42.1. The summed E-state index contributed by atoms with van der Waals surface area (Å²) in [5.41, 5.74) is 0. The third-order valence-electron chi connectivity index (χ3n) is 12.1. The predicted molar refractivity (Wildman–Crippen MR) is 275 cm³/mol. The lowest BCUT2D eigenvalue weighted by Gasteiger charge is -2.27. The number of thioether (sulfide) groups is 2. The third kappa shape index (κ3) is 45.5. The highest BCUT2D eigenvalue weighted by Crippen LogP contribution is 2.16. The van der Waals surface area contributed by atoms with E-state index in [4.69, 9.17) is 9.47 Å². The van der Waals surface area contributed by atoms with Crippen molar-refractivity contribution >= 4 is 33.8 Å². The van der Waals surface area contributed by atoms with Crippen LogP contribution in [-0.2, 0) is 19.1 Å². The summed E-state index contributed by atoms with van der Waals surface area (Å²) in [5, 5.41) is 43.4. The van der Waals surface area contributed by atoms with Gasteiger partial charge in [-0.3, -0.25) is 19.4 Å². The molecule has 0 aliphatic heterocycles. The predicted octanol–water partition coefficient (Wildman–Crippen LogP) is 11.4. The van der Waals surface area contributed by atoms with E-state index < -0.39 is 24.4 Å². The molecule has 0 aliphatic carbocycles. The van der Waals surface area contributed by atoms with E-state index >= 15 is 0 Å². The lowest BCUT2D eigenvalue weighted by Crippen LogP contribution is -2.39. The maximum Gasteiger partial charge on any atom is 0.190 e. The number of ether oxygens (including phenoxy) is 2. The molecule has 0 bridgehead atoms. The van der Waals surface area contributed by atoms with Crippen molar-refractivity contribution in [1.29, 1.82) is 0 Å². The first-order chi connectivity index (χ1) is 31.1. The van der Waals surface area contributed by atoms with E-state index in [1.165, 1.54) is 126 Å². The van der Waals surface area contributed by atoms with Crippen molar-refractivity contribution in [2.75, 3.05) is 77.2 Å². The van der Waals surface area contributed by atoms with E-state index in [2.05, 4.69) is 37.5 Å². The van der Waals surface area contributed by atoms with Crippen LogP contribution < -0.4 is 0 Å². The standard InChI is InChI=1S/C52H104N2O8S2/c1-5-9-13-17-21-25-29-47(55)43-53(44-48(56)30-26-22-18-14-10-6-2)35-33-51(59)63-41-39-61-37-38-62-40-42-64-52(60)34-36-54(45-49(57)31-27-23-19-15-11-7-3)46-50(58)32-28-24-20-16-12-8-4/h47-50,55-58H,5-46H2,1-4H3. The number of carbonyl (C=O) groups is 2. The van der Waals surface area contributed by atoms with Crippen LogP contribution in [0.5, 0.6) is 0 Å². The minimum absolute atomic E-state index is 0.0965. The molecule has 0 rings (SSSR count). The molecule has 382 valence electrons. The van der Waals surface area contributed by atoms with Crippen molar-refractivity contribution in [3.63, 3.8) is 0 Å². The molecule has 12 heteroatoms. The molecule has 0 heterocycles. The van der Waals surface area contributed by atoms with Crippen LogP contribution in [0.3, 0.4) is 0 Å². The fourth-order valence-corrected chi connectivity index (χ4v) is 9.44. The molecule has 0 spiro atoms. The zero-order chi connectivity index (χ0) is 47.1. The molecule has 0 saturated carbocycles. The van der Waals surface area contributed by atoms with Gasteiger partial charge in [-0.1, -0.05) is 205 Å². The summed E-state index contributed by atoms with van der Waals surface area (Å²) in [7, 11) is 0. The van der Waals surface area contributed by atoms with E-state index in [9.17, 15) is 30.0 Å². The summed E-state index contributed by atoms with van der Waals surface area (Å²) < 4.78 is 11.4. The molecule has 0 aromatic carbocycles. The van der Waals surface area contributed by atoms with E-state index in [1.807, 2.05) is 0 Å². The quantitative estimate of drug-likeness (QED) is 0.0432. The Morgan fingerprint density at radius 1 is 0.391 bits per heavy atom. The first-order valence-electron chi connectivity index (χ1n) is 26.8. The summed E-state index contributed by atoms with van der Waals surface area (Å²) in [4.78, 5) is 29.7. The van der Waals surface area contributed by atoms with E-state index in [1.54, 1.807) is 0 Å². The number of nitrogens with zero attached hydrogens (tertiary/aromatic N) is 2. The number of carbonyl (C=O) groups excluding carboxylic acids is 2. The molecule has 4 atom stereocenters. The number of unbranched alkanes of at least 4 members (excludes halogenated alkanes) is 20. The fourth-order valence-electron chi connectivity index (χ4n) is 8.11. The Balaban J connectivity index is 4.45. The Morgan fingerprint density at radius 2 is 0.641 bits per heavy atom. The summed E-state index contributed by atoms with van der Waals surface area (Å²) in [6, 6.07) is 0. The molecule has 0 aromatic heterocycles. The van der Waals surface area contributed by atoms with Crippen LogP contribution in [0.2, 0.25) is 0 Å². The van der Waals surface area contributed by atoms with Crippen LogP contribution in [0.4, 0.5) is 0 Å². The van der Waals surface area contributed by atoms with Gasteiger partial charge in [0.15, 0.2) is 10.2 Å². The molecule has 64 heavy (non-hydrogen) atoms. The van der Waals surface area contributed by atoms with Crippen molar-refractivity contribution in [1.82, 2.24) is 9.80 Å². The smallest absolute Gasteiger partial charge is 0.190 e. The highest BCUT2D eigenvalue weighted by Gasteiger charge is 2.19. The van der Waals surface area contributed by atoms with Crippen LogP contribution in [0.15, 0.2) is 0 Å². The topological polar surface area (TPSA) is 140 Å². The van der Waals surface area contributed by atoms with Gasteiger partial charge in [0.25, 0.3) is 0 Å². The lowest BCUT2D eigenvalue weighted by molar-refractivity contribution is -0.112. The normalized spacial score (nSPS) is 13.8. The van der Waals surface area contributed by atoms with Crippen LogP contribution >= 0.6 is 23.5 Å². The molecule has 4 N–H and O–H groups in total. The number of aliphatic hydroxyl groups excluding tert-OH is 4. The van der Waals surface area contributed by atoms with Crippen LogP contribution in [-0.4, -0.2) is 142 Å². The van der Waals surface area contributed by atoms with Crippen LogP contribution in [0, 0.1) is 0 Å². The van der Waals surface area contributed by atoms with Gasteiger partial charge in [0.05, 0.1) is 50.8 Å². The van der Waals surface area contributed by atoms with Gasteiger partial charge in [0, 0.05) is 63.6 Å². The Morgan fingerprint density at radius 3 is 0.906 bits per heavy atom. The highest BCUT2D eigenvalue weighted by atomic mass is 32.2. The second kappa shape index (κ2) is 49.2. The Labute approximate surface area is 403 Å². The van der Waals surface area contributed by atoms with Gasteiger partial charge in [0.2, 0.25) is 0 Å². The average molecular weight is 950 g/mol. The molecular formula is C52H104N2O8S2. The Bertz CT molecular complexity index is 877. The monoisotopic (exact) mass is 949 g/mol. The van der Waals surface area contributed by atoms with Gasteiger partial charge in [-0.2, -0.15) is 0 Å². The largest absolute Gasteiger partial charge is 0.392 e. The number of hydrogen-bond donors (Lipinski definition) is 4. The molecule has 0 aliphatic rings. The first kappa shape index (κ1) is 63.7. The van der Waals surface area contributed by atoms with Crippen molar-refractivity contribution in [3.05, 3.63) is 0 Å². The van der Waals surface area contributed by atoms with Gasteiger partial charge in [-0.25, -0.2) is 0 Å². The molecule has 0 saturated heterocycles. The van der Waals surface area contributed by atoms with Gasteiger partial charge in [-0.05, 0) is 25.7 Å². The molecule has 0 fully saturated rings. The average Bonchev–Trinajstić information content (AvgIpc) is 3.27.